The molecule has 1 aliphatic heterocycles. The maximum Gasteiger partial charge on any atom is 0.320 e. The van der Waals surface area contributed by atoms with Crippen molar-refractivity contribution in [2.24, 2.45) is 0 Å². The second-order valence-electron chi connectivity index (χ2n) is 6.23. The van der Waals surface area contributed by atoms with E-state index >= 15 is 0 Å². The predicted molar refractivity (Wildman–Crippen MR) is 89.0 cm³/mol. The molecule has 0 aromatic heterocycles. The van der Waals surface area contributed by atoms with Gasteiger partial charge in [-0.2, -0.15) is 0 Å². The fourth-order valence-electron chi connectivity index (χ4n) is 3.31. The fourth-order valence-corrected chi connectivity index (χ4v) is 3.31. The zero-order valence-corrected chi connectivity index (χ0v) is 14.2. The van der Waals surface area contributed by atoms with Crippen molar-refractivity contribution < 1.29 is 19.1 Å². The van der Waals surface area contributed by atoms with E-state index in [4.69, 9.17) is 0 Å². The zero-order valence-electron chi connectivity index (χ0n) is 14.2. The zero-order chi connectivity index (χ0) is 17.7. The number of aliphatic carboxylic acids is 1. The Labute approximate surface area is 142 Å². The Kier molecular flexibility index (Phi) is 6.31. The van der Waals surface area contributed by atoms with Gasteiger partial charge in [-0.15, -0.1) is 0 Å². The SMILES string of the molecule is CCN(C(=O)CN1CCCCC1C(=O)O)C(C)c1ccc(F)cc1. The molecule has 0 bridgehead atoms. The number of benzene rings is 1. The first-order chi connectivity index (χ1) is 11.4. The Morgan fingerprint density at radius 2 is 2.00 bits per heavy atom. The number of carboxylic acid groups (broad SMARTS) is 1. The number of likely N-dealkylation sites (N-methyl/N-ethyl adjacent to an activating group) is 1. The molecular formula is C18H25FN2O3. The number of likely N-dealkylation sites (tertiary alicyclic amines) is 1. The highest BCUT2D eigenvalue weighted by Gasteiger charge is 2.31. The maximum atomic E-state index is 13.1. The summed E-state index contributed by atoms with van der Waals surface area (Å²) in [5, 5.41) is 9.33. The normalized spacial score (nSPS) is 19.7. The number of amides is 1. The van der Waals surface area contributed by atoms with Gasteiger partial charge in [0.15, 0.2) is 0 Å². The second kappa shape index (κ2) is 8.24. The third-order valence-electron chi connectivity index (χ3n) is 4.72. The van der Waals surface area contributed by atoms with Gasteiger partial charge in [0, 0.05) is 6.54 Å². The molecule has 2 rings (SSSR count). The van der Waals surface area contributed by atoms with Crippen LogP contribution in [-0.4, -0.2) is 52.5 Å². The summed E-state index contributed by atoms with van der Waals surface area (Å²) in [6.07, 6.45) is 2.38. The summed E-state index contributed by atoms with van der Waals surface area (Å²) in [6, 6.07) is 5.36. The molecule has 0 spiro atoms. The summed E-state index contributed by atoms with van der Waals surface area (Å²) in [6.45, 7) is 5.05. The van der Waals surface area contributed by atoms with Gasteiger partial charge in [0.05, 0.1) is 12.6 Å². The third-order valence-corrected chi connectivity index (χ3v) is 4.72. The van der Waals surface area contributed by atoms with E-state index in [0.717, 1.165) is 18.4 Å². The molecule has 24 heavy (non-hydrogen) atoms. The minimum absolute atomic E-state index is 0.0949. The number of carboxylic acids is 1. The molecule has 1 aromatic rings. The van der Waals surface area contributed by atoms with Gasteiger partial charge in [-0.3, -0.25) is 14.5 Å². The Balaban J connectivity index is 2.07. The molecule has 5 nitrogen and oxygen atoms in total. The highest BCUT2D eigenvalue weighted by atomic mass is 19.1. The first kappa shape index (κ1) is 18.4. The molecule has 1 fully saturated rings. The van der Waals surface area contributed by atoms with Crippen molar-refractivity contribution in [1.29, 1.82) is 0 Å². The fraction of sp³-hybridized carbons (Fsp3) is 0.556. The topological polar surface area (TPSA) is 60.9 Å². The number of hydrogen-bond acceptors (Lipinski definition) is 3. The van der Waals surface area contributed by atoms with Gasteiger partial charge in [-0.05, 0) is 50.9 Å². The quantitative estimate of drug-likeness (QED) is 0.868. The third kappa shape index (κ3) is 4.32. The molecule has 1 saturated heterocycles. The Bertz CT molecular complexity index is 576. The number of carbonyl (C=O) groups is 2. The summed E-state index contributed by atoms with van der Waals surface area (Å²) >= 11 is 0. The molecule has 1 aliphatic rings. The van der Waals surface area contributed by atoms with E-state index < -0.39 is 12.0 Å². The van der Waals surface area contributed by atoms with Crippen LogP contribution in [0.4, 0.5) is 4.39 Å². The largest absolute Gasteiger partial charge is 0.480 e. The van der Waals surface area contributed by atoms with Crippen LogP contribution in [0.15, 0.2) is 24.3 Å². The molecule has 1 N–H and O–H groups in total. The van der Waals surface area contributed by atoms with Crippen LogP contribution in [0.1, 0.15) is 44.7 Å². The van der Waals surface area contributed by atoms with Crippen molar-refractivity contribution in [2.45, 2.75) is 45.2 Å². The number of piperidine rings is 1. The number of carbonyl (C=O) groups excluding carboxylic acids is 1. The number of rotatable bonds is 6. The molecule has 2 unspecified atom stereocenters. The molecule has 1 aromatic carbocycles. The van der Waals surface area contributed by atoms with Crippen molar-refractivity contribution >= 4 is 11.9 Å². The molecule has 0 radical (unpaired) electrons. The Hall–Kier alpha value is -1.95. The molecule has 1 heterocycles. The van der Waals surface area contributed by atoms with Crippen LogP contribution in [0.3, 0.4) is 0 Å². The number of nitrogens with zero attached hydrogens (tertiary/aromatic N) is 2. The molecule has 132 valence electrons. The van der Waals surface area contributed by atoms with Crippen LogP contribution in [0.5, 0.6) is 0 Å². The molecule has 6 heteroatoms. The molecule has 0 saturated carbocycles. The Morgan fingerprint density at radius 3 is 2.58 bits per heavy atom. The lowest BCUT2D eigenvalue weighted by Gasteiger charge is -2.35. The van der Waals surface area contributed by atoms with Gasteiger partial charge < -0.3 is 10.0 Å². The van der Waals surface area contributed by atoms with Crippen LogP contribution >= 0.6 is 0 Å². The second-order valence-corrected chi connectivity index (χ2v) is 6.23. The van der Waals surface area contributed by atoms with Gasteiger partial charge in [0.2, 0.25) is 5.91 Å². The van der Waals surface area contributed by atoms with Gasteiger partial charge in [-0.25, -0.2) is 4.39 Å². The smallest absolute Gasteiger partial charge is 0.320 e. The van der Waals surface area contributed by atoms with Crippen molar-refractivity contribution in [3.8, 4) is 0 Å². The summed E-state index contributed by atoms with van der Waals surface area (Å²) in [7, 11) is 0. The highest BCUT2D eigenvalue weighted by Crippen LogP contribution is 2.22. The average Bonchev–Trinajstić information content (AvgIpc) is 2.56. The number of halogens is 1. The minimum Gasteiger partial charge on any atom is -0.480 e. The molecular weight excluding hydrogens is 311 g/mol. The van der Waals surface area contributed by atoms with E-state index in [1.54, 1.807) is 21.9 Å². The lowest BCUT2D eigenvalue weighted by molar-refractivity contribution is -0.146. The van der Waals surface area contributed by atoms with E-state index in [0.29, 0.717) is 19.5 Å². The van der Waals surface area contributed by atoms with Crippen LogP contribution in [0.25, 0.3) is 0 Å². The Morgan fingerprint density at radius 1 is 1.33 bits per heavy atom. The lowest BCUT2D eigenvalue weighted by Crippen LogP contribution is -2.50. The van der Waals surface area contributed by atoms with Crippen LogP contribution < -0.4 is 0 Å². The summed E-state index contributed by atoms with van der Waals surface area (Å²) in [5.74, 6) is -1.27. The van der Waals surface area contributed by atoms with Gasteiger partial charge in [0.1, 0.15) is 11.9 Å². The minimum atomic E-state index is -0.864. The first-order valence-electron chi connectivity index (χ1n) is 8.45. The molecule has 1 amide bonds. The van der Waals surface area contributed by atoms with Crippen molar-refractivity contribution in [3.63, 3.8) is 0 Å². The van der Waals surface area contributed by atoms with E-state index in [9.17, 15) is 19.1 Å². The monoisotopic (exact) mass is 336 g/mol. The van der Waals surface area contributed by atoms with Crippen LogP contribution in [-0.2, 0) is 9.59 Å². The van der Waals surface area contributed by atoms with E-state index in [-0.39, 0.29) is 24.3 Å². The summed E-state index contributed by atoms with van der Waals surface area (Å²) in [4.78, 5) is 27.5. The maximum absolute atomic E-state index is 13.1. The molecule has 0 aliphatic carbocycles. The van der Waals surface area contributed by atoms with Gasteiger partial charge in [0.25, 0.3) is 0 Å². The van der Waals surface area contributed by atoms with E-state index in [2.05, 4.69) is 0 Å². The van der Waals surface area contributed by atoms with Gasteiger partial charge >= 0.3 is 5.97 Å². The van der Waals surface area contributed by atoms with Crippen molar-refractivity contribution in [1.82, 2.24) is 9.80 Å². The highest BCUT2D eigenvalue weighted by molar-refractivity contribution is 5.80. The van der Waals surface area contributed by atoms with E-state index in [1.807, 2.05) is 13.8 Å². The van der Waals surface area contributed by atoms with Gasteiger partial charge in [-0.1, -0.05) is 18.6 Å². The van der Waals surface area contributed by atoms with Crippen molar-refractivity contribution in [2.75, 3.05) is 19.6 Å². The summed E-state index contributed by atoms with van der Waals surface area (Å²) in [5.41, 5.74) is 0.861. The average molecular weight is 336 g/mol. The first-order valence-corrected chi connectivity index (χ1v) is 8.45. The lowest BCUT2D eigenvalue weighted by atomic mass is 10.0. The standard InChI is InChI=1S/C18H25FN2O3/c1-3-21(13(2)14-7-9-15(19)10-8-14)17(22)12-20-11-5-4-6-16(20)18(23)24/h7-10,13,16H,3-6,11-12H2,1-2H3,(H,23,24). The predicted octanol–water partition coefficient (Wildman–Crippen LogP) is 2.67. The molecule has 2 atom stereocenters. The van der Waals surface area contributed by atoms with Crippen molar-refractivity contribution in [3.05, 3.63) is 35.6 Å². The summed E-state index contributed by atoms with van der Waals surface area (Å²) < 4.78 is 13.1. The number of hydrogen-bond donors (Lipinski definition) is 1. The van der Waals surface area contributed by atoms with Crippen LogP contribution in [0.2, 0.25) is 0 Å². The van der Waals surface area contributed by atoms with Crippen LogP contribution in [0, 0.1) is 5.82 Å². The van der Waals surface area contributed by atoms with E-state index in [1.165, 1.54) is 12.1 Å².